The van der Waals surface area contributed by atoms with Crippen molar-refractivity contribution in [2.45, 2.75) is 5.92 Å². The summed E-state index contributed by atoms with van der Waals surface area (Å²) in [4.78, 5) is 44.0. The highest BCUT2D eigenvalue weighted by Crippen LogP contribution is 2.44. The fraction of sp³-hybridized carbons (Fsp3) is 0.133. The fourth-order valence-electron chi connectivity index (χ4n) is 4.68. The zero-order valence-corrected chi connectivity index (χ0v) is 22.4. The first-order chi connectivity index (χ1) is 18.8. The Morgan fingerprint density at radius 3 is 2.23 bits per heavy atom. The Morgan fingerprint density at radius 1 is 0.897 bits per heavy atom. The molecule has 0 saturated carbocycles. The van der Waals surface area contributed by atoms with E-state index in [9.17, 15) is 14.4 Å². The minimum Gasteiger partial charge on any atom is -0.449 e. The van der Waals surface area contributed by atoms with Crippen LogP contribution in [0.25, 0.3) is 11.1 Å². The van der Waals surface area contributed by atoms with Crippen LogP contribution < -0.4 is 10.2 Å². The average molecular weight is 560 g/mol. The third-order valence-electron chi connectivity index (χ3n) is 6.59. The van der Waals surface area contributed by atoms with Gasteiger partial charge in [-0.15, -0.1) is 0 Å². The van der Waals surface area contributed by atoms with E-state index in [4.69, 9.17) is 27.9 Å². The van der Waals surface area contributed by atoms with Crippen molar-refractivity contribution in [2.75, 3.05) is 25.1 Å². The first-order valence-electron chi connectivity index (χ1n) is 12.2. The predicted octanol–water partition coefficient (Wildman–Crippen LogP) is 6.12. The predicted molar refractivity (Wildman–Crippen MR) is 151 cm³/mol. The minimum atomic E-state index is -0.729. The van der Waals surface area contributed by atoms with Gasteiger partial charge in [-0.05, 0) is 46.5 Å². The van der Waals surface area contributed by atoms with Gasteiger partial charge in [0.25, 0.3) is 0 Å². The Bertz CT molecular complexity index is 1540. The van der Waals surface area contributed by atoms with Crippen molar-refractivity contribution in [3.05, 3.63) is 117 Å². The van der Waals surface area contributed by atoms with Gasteiger partial charge in [0.05, 0.1) is 5.56 Å². The number of nitrogens with zero attached hydrogens (tertiary/aromatic N) is 2. The first-order valence-corrected chi connectivity index (χ1v) is 12.9. The van der Waals surface area contributed by atoms with Crippen molar-refractivity contribution in [1.29, 1.82) is 0 Å². The van der Waals surface area contributed by atoms with Gasteiger partial charge >= 0.3 is 6.09 Å². The molecule has 7 nitrogen and oxygen atoms in total. The number of fused-ring (bicyclic) bond motifs is 3. The lowest BCUT2D eigenvalue weighted by molar-refractivity contribution is -0.117. The molecule has 1 aromatic heterocycles. The lowest BCUT2D eigenvalue weighted by Gasteiger charge is -2.20. The molecule has 0 aliphatic heterocycles. The molecule has 3 aromatic carbocycles. The van der Waals surface area contributed by atoms with Gasteiger partial charge < -0.3 is 10.1 Å². The van der Waals surface area contributed by atoms with Gasteiger partial charge in [0, 0.05) is 23.6 Å². The van der Waals surface area contributed by atoms with Crippen molar-refractivity contribution in [3.8, 4) is 11.1 Å². The van der Waals surface area contributed by atoms with Gasteiger partial charge in [0.2, 0.25) is 5.91 Å². The molecular weight excluding hydrogens is 537 g/mol. The number of likely N-dealkylation sites (N-methyl/N-ethyl adjacent to an activating group) is 1. The van der Waals surface area contributed by atoms with Crippen molar-refractivity contribution in [3.63, 3.8) is 0 Å². The van der Waals surface area contributed by atoms with Gasteiger partial charge in [0.15, 0.2) is 5.78 Å². The summed E-state index contributed by atoms with van der Waals surface area (Å²) in [5.41, 5.74) is 4.92. The molecule has 0 spiro atoms. The van der Waals surface area contributed by atoms with Gasteiger partial charge in [-0.1, -0.05) is 83.9 Å². The standard InChI is InChI=1S/C30H23Cl2N3O4/c1-35(29-24(13-14-26(32)34-29)28(37)18-7-6-8-19(31)15-18)27(36)16-33-30(38)39-17-25-22-11-4-2-9-20(22)21-10-3-5-12-23(21)25/h2-15,25H,16-17H2,1H3,(H,33,38). The van der Waals surface area contributed by atoms with Crippen LogP contribution in [0.2, 0.25) is 10.2 Å². The summed E-state index contributed by atoms with van der Waals surface area (Å²) in [6.07, 6.45) is -0.729. The van der Waals surface area contributed by atoms with E-state index in [1.165, 1.54) is 30.1 Å². The molecule has 196 valence electrons. The molecule has 0 saturated heterocycles. The minimum absolute atomic E-state index is 0.0619. The number of ether oxygens (including phenoxy) is 1. The number of hydrogen-bond acceptors (Lipinski definition) is 5. The lowest BCUT2D eigenvalue weighted by atomic mass is 9.98. The summed E-state index contributed by atoms with van der Waals surface area (Å²) in [6, 6.07) is 25.5. The number of amides is 2. The van der Waals surface area contributed by atoms with E-state index >= 15 is 0 Å². The SMILES string of the molecule is CN(C(=O)CNC(=O)OCC1c2ccccc2-c2ccccc21)c1nc(Cl)ccc1C(=O)c1cccc(Cl)c1. The summed E-state index contributed by atoms with van der Waals surface area (Å²) in [7, 11) is 1.45. The number of benzene rings is 3. The maximum atomic E-state index is 13.1. The quantitative estimate of drug-likeness (QED) is 0.217. The number of carbonyl (C=O) groups is 3. The third kappa shape index (κ3) is 5.50. The number of anilines is 1. The molecule has 1 aliphatic carbocycles. The summed E-state index contributed by atoms with van der Waals surface area (Å²) < 4.78 is 5.50. The Labute approximate surface area is 235 Å². The molecule has 0 atom stereocenters. The zero-order chi connectivity index (χ0) is 27.5. The highest BCUT2D eigenvalue weighted by Gasteiger charge is 2.29. The normalized spacial score (nSPS) is 11.9. The van der Waals surface area contributed by atoms with Crippen LogP contribution in [0, 0.1) is 0 Å². The highest BCUT2D eigenvalue weighted by atomic mass is 35.5. The van der Waals surface area contributed by atoms with Gasteiger partial charge in [-0.25, -0.2) is 9.78 Å². The largest absolute Gasteiger partial charge is 0.449 e. The van der Waals surface area contributed by atoms with E-state index in [0.29, 0.717) is 10.6 Å². The molecule has 1 heterocycles. The molecule has 1 N–H and O–H groups in total. The van der Waals surface area contributed by atoms with Crippen LogP contribution in [0.15, 0.2) is 84.9 Å². The Morgan fingerprint density at radius 2 is 1.56 bits per heavy atom. The van der Waals surface area contributed by atoms with Crippen LogP contribution in [0.5, 0.6) is 0 Å². The molecular formula is C30H23Cl2N3O4. The number of nitrogens with one attached hydrogen (secondary N) is 1. The van der Waals surface area contributed by atoms with Crippen molar-refractivity contribution >= 4 is 46.8 Å². The number of pyridine rings is 1. The molecule has 2 amide bonds. The Balaban J connectivity index is 1.24. The maximum Gasteiger partial charge on any atom is 0.407 e. The number of carbonyl (C=O) groups excluding carboxylic acids is 3. The number of alkyl carbamates (subject to hydrolysis) is 1. The molecule has 39 heavy (non-hydrogen) atoms. The van der Waals surface area contributed by atoms with E-state index in [-0.39, 0.29) is 41.4 Å². The second-order valence-corrected chi connectivity index (χ2v) is 9.80. The summed E-state index contributed by atoms with van der Waals surface area (Å²) in [6.45, 7) is -0.246. The zero-order valence-electron chi connectivity index (χ0n) is 20.9. The molecule has 5 rings (SSSR count). The van der Waals surface area contributed by atoms with Crippen LogP contribution in [0.1, 0.15) is 33.0 Å². The number of ketones is 1. The van der Waals surface area contributed by atoms with E-state index < -0.39 is 12.0 Å². The van der Waals surface area contributed by atoms with Crippen molar-refractivity contribution < 1.29 is 19.1 Å². The van der Waals surface area contributed by atoms with Crippen molar-refractivity contribution in [2.24, 2.45) is 0 Å². The van der Waals surface area contributed by atoms with E-state index in [1.54, 1.807) is 18.2 Å². The molecule has 9 heteroatoms. The number of rotatable bonds is 7. The number of aromatic nitrogens is 1. The van der Waals surface area contributed by atoms with Gasteiger partial charge in [0.1, 0.15) is 24.1 Å². The second kappa shape index (κ2) is 11.3. The topological polar surface area (TPSA) is 88.6 Å². The summed E-state index contributed by atoms with van der Waals surface area (Å²) >= 11 is 12.1. The number of halogens is 2. The van der Waals surface area contributed by atoms with Crippen LogP contribution in [-0.4, -0.2) is 43.0 Å². The third-order valence-corrected chi connectivity index (χ3v) is 7.04. The van der Waals surface area contributed by atoms with E-state index in [2.05, 4.69) is 22.4 Å². The fourth-order valence-corrected chi connectivity index (χ4v) is 5.01. The summed E-state index contributed by atoms with van der Waals surface area (Å²) in [5.74, 6) is -0.928. The molecule has 1 aliphatic rings. The maximum absolute atomic E-state index is 13.1. The monoisotopic (exact) mass is 559 g/mol. The van der Waals surface area contributed by atoms with Gasteiger partial charge in [-0.2, -0.15) is 0 Å². The first kappa shape index (κ1) is 26.4. The number of hydrogen-bond donors (Lipinski definition) is 1. The van der Waals surface area contributed by atoms with Crippen LogP contribution in [-0.2, 0) is 9.53 Å². The van der Waals surface area contributed by atoms with E-state index in [0.717, 1.165) is 22.3 Å². The molecule has 0 radical (unpaired) electrons. The Kier molecular flexibility index (Phi) is 7.63. The van der Waals surface area contributed by atoms with Gasteiger partial charge in [-0.3, -0.25) is 14.5 Å². The van der Waals surface area contributed by atoms with E-state index in [1.807, 2.05) is 36.4 Å². The Hall–Kier alpha value is -4.20. The van der Waals surface area contributed by atoms with Crippen molar-refractivity contribution in [1.82, 2.24) is 10.3 Å². The average Bonchev–Trinajstić information content (AvgIpc) is 3.27. The highest BCUT2D eigenvalue weighted by molar-refractivity contribution is 6.31. The molecule has 0 bridgehead atoms. The molecule has 4 aromatic rings. The van der Waals surface area contributed by atoms with Crippen LogP contribution >= 0.6 is 23.2 Å². The molecule has 0 fully saturated rings. The molecule has 0 unspecified atom stereocenters. The summed E-state index contributed by atoms with van der Waals surface area (Å²) in [5, 5.41) is 3.00. The second-order valence-electron chi connectivity index (χ2n) is 8.98. The lowest BCUT2D eigenvalue weighted by Crippen LogP contribution is -2.39. The smallest absolute Gasteiger partial charge is 0.407 e. The van der Waals surface area contributed by atoms with Crippen LogP contribution in [0.3, 0.4) is 0 Å². The van der Waals surface area contributed by atoms with Crippen LogP contribution in [0.4, 0.5) is 10.6 Å².